The Balaban J connectivity index is 1.75. The SMILES string of the molecule is Cc1nn(C)c2sc(C(=O)OCC(=O)NCCCOC(C)C)cc12. The molecule has 0 bridgehead atoms. The van der Waals surface area contributed by atoms with Gasteiger partial charge in [-0.15, -0.1) is 11.3 Å². The fourth-order valence-electron chi connectivity index (χ4n) is 2.18. The molecule has 0 saturated heterocycles. The Bertz CT molecular complexity index is 686. The zero-order valence-corrected chi connectivity index (χ0v) is 15.2. The average Bonchev–Trinajstić information content (AvgIpc) is 3.06. The second-order valence-electron chi connectivity index (χ2n) is 5.74. The van der Waals surface area contributed by atoms with Gasteiger partial charge in [0.2, 0.25) is 0 Å². The largest absolute Gasteiger partial charge is 0.451 e. The molecule has 7 nitrogen and oxygen atoms in total. The van der Waals surface area contributed by atoms with Crippen molar-refractivity contribution in [2.24, 2.45) is 7.05 Å². The van der Waals surface area contributed by atoms with Crippen LogP contribution in [0.15, 0.2) is 6.07 Å². The van der Waals surface area contributed by atoms with Crippen LogP contribution in [0.2, 0.25) is 0 Å². The van der Waals surface area contributed by atoms with E-state index in [9.17, 15) is 9.59 Å². The van der Waals surface area contributed by atoms with Crippen LogP contribution in [0.5, 0.6) is 0 Å². The number of ether oxygens (including phenoxy) is 2. The summed E-state index contributed by atoms with van der Waals surface area (Å²) in [6.07, 6.45) is 0.905. The summed E-state index contributed by atoms with van der Waals surface area (Å²) in [5.41, 5.74) is 0.865. The molecule has 0 saturated carbocycles. The van der Waals surface area contributed by atoms with Gasteiger partial charge in [-0.05, 0) is 33.3 Å². The maximum absolute atomic E-state index is 12.0. The molecule has 24 heavy (non-hydrogen) atoms. The van der Waals surface area contributed by atoms with Crippen LogP contribution in [0.25, 0.3) is 10.2 Å². The molecule has 0 aromatic carbocycles. The second kappa shape index (κ2) is 8.25. The minimum Gasteiger partial charge on any atom is -0.451 e. The zero-order valence-electron chi connectivity index (χ0n) is 14.4. The van der Waals surface area contributed by atoms with E-state index in [2.05, 4.69) is 10.4 Å². The summed E-state index contributed by atoms with van der Waals surface area (Å²) < 4.78 is 12.2. The molecule has 1 amide bonds. The van der Waals surface area contributed by atoms with Gasteiger partial charge in [0.15, 0.2) is 6.61 Å². The summed E-state index contributed by atoms with van der Waals surface area (Å²) >= 11 is 1.31. The third-order valence-corrected chi connectivity index (χ3v) is 4.51. The summed E-state index contributed by atoms with van der Waals surface area (Å²) in [5, 5.41) is 7.92. The van der Waals surface area contributed by atoms with Gasteiger partial charge >= 0.3 is 5.97 Å². The summed E-state index contributed by atoms with van der Waals surface area (Å²) in [6.45, 7) is 6.62. The van der Waals surface area contributed by atoms with Gasteiger partial charge in [-0.25, -0.2) is 4.79 Å². The first-order chi connectivity index (χ1) is 11.4. The first-order valence-corrected chi connectivity index (χ1v) is 8.68. The molecule has 2 heterocycles. The van der Waals surface area contributed by atoms with E-state index in [1.807, 2.05) is 27.8 Å². The number of carbonyl (C=O) groups is 2. The molecule has 132 valence electrons. The Kier molecular flexibility index (Phi) is 6.33. The molecule has 0 fully saturated rings. The topological polar surface area (TPSA) is 82.5 Å². The number of esters is 1. The first kappa shape index (κ1) is 18.4. The highest BCUT2D eigenvalue weighted by Gasteiger charge is 2.17. The maximum Gasteiger partial charge on any atom is 0.348 e. The number of amides is 1. The average molecular weight is 353 g/mol. The number of hydrogen-bond donors (Lipinski definition) is 1. The van der Waals surface area contributed by atoms with E-state index in [-0.39, 0.29) is 18.6 Å². The maximum atomic E-state index is 12.0. The highest BCUT2D eigenvalue weighted by atomic mass is 32.1. The van der Waals surface area contributed by atoms with E-state index in [4.69, 9.17) is 9.47 Å². The second-order valence-corrected chi connectivity index (χ2v) is 6.77. The Morgan fingerprint density at radius 3 is 2.83 bits per heavy atom. The van der Waals surface area contributed by atoms with Crippen LogP contribution >= 0.6 is 11.3 Å². The summed E-state index contributed by atoms with van der Waals surface area (Å²) in [5.74, 6) is -0.805. The van der Waals surface area contributed by atoms with Gasteiger partial charge in [-0.1, -0.05) is 0 Å². The van der Waals surface area contributed by atoms with Crippen LogP contribution in [-0.2, 0) is 21.3 Å². The van der Waals surface area contributed by atoms with Crippen molar-refractivity contribution < 1.29 is 19.1 Å². The van der Waals surface area contributed by atoms with Crippen LogP contribution < -0.4 is 5.32 Å². The monoisotopic (exact) mass is 353 g/mol. The van der Waals surface area contributed by atoms with Crippen molar-refractivity contribution >= 4 is 33.4 Å². The quantitative estimate of drug-likeness (QED) is 0.580. The van der Waals surface area contributed by atoms with Gasteiger partial charge in [0.25, 0.3) is 5.91 Å². The minimum atomic E-state index is -0.492. The molecule has 2 aromatic heterocycles. The molecule has 8 heteroatoms. The predicted octanol–water partition coefficient (Wildman–Crippen LogP) is 2.03. The molecular weight excluding hydrogens is 330 g/mol. The van der Waals surface area contributed by atoms with Crippen LogP contribution in [0, 0.1) is 6.92 Å². The number of aromatic nitrogens is 2. The van der Waals surface area contributed by atoms with E-state index >= 15 is 0 Å². The van der Waals surface area contributed by atoms with Crippen molar-refractivity contribution in [3.63, 3.8) is 0 Å². The molecule has 0 radical (unpaired) electrons. The van der Waals surface area contributed by atoms with E-state index in [0.717, 1.165) is 22.3 Å². The summed E-state index contributed by atoms with van der Waals surface area (Å²) in [4.78, 5) is 25.1. The minimum absolute atomic E-state index is 0.182. The summed E-state index contributed by atoms with van der Waals surface area (Å²) in [7, 11) is 1.83. The van der Waals surface area contributed by atoms with E-state index < -0.39 is 5.97 Å². The van der Waals surface area contributed by atoms with E-state index in [1.54, 1.807) is 10.7 Å². The number of aryl methyl sites for hydroxylation is 2. The third-order valence-electron chi connectivity index (χ3n) is 3.33. The highest BCUT2D eigenvalue weighted by Crippen LogP contribution is 2.27. The molecule has 1 N–H and O–H groups in total. The van der Waals surface area contributed by atoms with Crippen molar-refractivity contribution in [2.45, 2.75) is 33.3 Å². The van der Waals surface area contributed by atoms with Crippen LogP contribution in [0.3, 0.4) is 0 Å². The molecule has 2 aromatic rings. The molecule has 0 aliphatic carbocycles. The number of fused-ring (bicyclic) bond motifs is 1. The van der Waals surface area contributed by atoms with Crippen molar-refractivity contribution in [2.75, 3.05) is 19.8 Å². The van der Waals surface area contributed by atoms with Crippen molar-refractivity contribution in [1.29, 1.82) is 0 Å². The number of hydrogen-bond acceptors (Lipinski definition) is 6. The fraction of sp³-hybridized carbons (Fsp3) is 0.562. The Labute approximate surface area is 144 Å². The van der Waals surface area contributed by atoms with Crippen LogP contribution in [0.1, 0.15) is 35.6 Å². The lowest BCUT2D eigenvalue weighted by atomic mass is 10.3. The number of rotatable bonds is 8. The van der Waals surface area contributed by atoms with Gasteiger partial charge in [-0.2, -0.15) is 5.10 Å². The molecule has 0 aliphatic rings. The fourth-order valence-corrected chi connectivity index (χ4v) is 3.20. The van der Waals surface area contributed by atoms with E-state index in [0.29, 0.717) is 18.0 Å². The smallest absolute Gasteiger partial charge is 0.348 e. The van der Waals surface area contributed by atoms with Gasteiger partial charge in [0.05, 0.1) is 11.8 Å². The number of nitrogens with zero attached hydrogens (tertiary/aromatic N) is 2. The molecule has 0 aliphatic heterocycles. The van der Waals surface area contributed by atoms with E-state index in [1.165, 1.54) is 11.3 Å². The lowest BCUT2D eigenvalue weighted by Crippen LogP contribution is -2.30. The first-order valence-electron chi connectivity index (χ1n) is 7.87. The van der Waals surface area contributed by atoms with Crippen LogP contribution in [-0.4, -0.2) is 47.5 Å². The molecular formula is C16H23N3O4S. The highest BCUT2D eigenvalue weighted by molar-refractivity contribution is 7.20. The molecule has 0 unspecified atom stereocenters. The molecule has 0 spiro atoms. The van der Waals surface area contributed by atoms with Gasteiger partial charge in [0, 0.05) is 25.6 Å². The number of thiophene rings is 1. The van der Waals surface area contributed by atoms with Crippen molar-refractivity contribution in [3.05, 3.63) is 16.6 Å². The lowest BCUT2D eigenvalue weighted by Gasteiger charge is -2.08. The van der Waals surface area contributed by atoms with Crippen LogP contribution in [0.4, 0.5) is 0 Å². The third kappa shape index (κ3) is 4.78. The Morgan fingerprint density at radius 2 is 2.17 bits per heavy atom. The number of nitrogens with one attached hydrogen (secondary N) is 1. The Hall–Kier alpha value is -1.93. The molecule has 2 rings (SSSR count). The van der Waals surface area contributed by atoms with Gasteiger partial charge in [0.1, 0.15) is 9.71 Å². The normalized spacial score (nSPS) is 11.2. The van der Waals surface area contributed by atoms with Gasteiger partial charge < -0.3 is 14.8 Å². The van der Waals surface area contributed by atoms with Crippen molar-refractivity contribution in [3.8, 4) is 0 Å². The van der Waals surface area contributed by atoms with Crippen molar-refractivity contribution in [1.82, 2.24) is 15.1 Å². The zero-order chi connectivity index (χ0) is 17.7. The lowest BCUT2D eigenvalue weighted by molar-refractivity contribution is -0.124. The Morgan fingerprint density at radius 1 is 1.42 bits per heavy atom. The van der Waals surface area contributed by atoms with Gasteiger partial charge in [-0.3, -0.25) is 9.48 Å². The predicted molar refractivity (Wildman–Crippen MR) is 92.3 cm³/mol. The molecule has 0 atom stereocenters. The number of carbonyl (C=O) groups excluding carboxylic acids is 2. The summed E-state index contributed by atoms with van der Waals surface area (Å²) in [6, 6.07) is 1.76. The standard InChI is InChI=1S/C16H23N3O4S/c1-10(2)22-7-5-6-17-14(20)9-23-16(21)13-8-12-11(3)18-19(4)15(12)24-13/h8,10H,5-7,9H2,1-4H3,(H,17,20).